The maximum absolute atomic E-state index is 15.0. The van der Waals surface area contributed by atoms with Gasteiger partial charge in [-0.05, 0) is 35.9 Å². The van der Waals surface area contributed by atoms with Crippen molar-refractivity contribution in [2.45, 2.75) is 12.5 Å². The van der Waals surface area contributed by atoms with Gasteiger partial charge < -0.3 is 15.2 Å². The lowest BCUT2D eigenvalue weighted by atomic mass is 9.88. The molecule has 1 unspecified atom stereocenters. The van der Waals surface area contributed by atoms with E-state index in [1.807, 2.05) is 6.07 Å². The number of nitriles is 1. The van der Waals surface area contributed by atoms with Crippen LogP contribution in [-0.2, 0) is 21.3 Å². The maximum Gasteiger partial charge on any atom is 0.265 e. The Morgan fingerprint density at radius 2 is 1.86 bits per heavy atom. The maximum atomic E-state index is 15.0. The van der Waals surface area contributed by atoms with Crippen LogP contribution in [0.4, 0.5) is 10.1 Å². The van der Waals surface area contributed by atoms with E-state index in [9.17, 15) is 18.1 Å². The number of methoxy groups -OCH3 is 1. The first-order valence-electron chi connectivity index (χ1n) is 10.7. The fraction of sp³-hybridized carbons (Fsp3) is 0.115. The molecule has 0 aromatic heterocycles. The van der Waals surface area contributed by atoms with Gasteiger partial charge in [-0.3, -0.25) is 4.31 Å². The molecule has 0 fully saturated rings. The second-order valence-electron chi connectivity index (χ2n) is 8.02. The van der Waals surface area contributed by atoms with Crippen LogP contribution in [0.5, 0.6) is 5.75 Å². The molecule has 0 bridgehead atoms. The van der Waals surface area contributed by atoms with E-state index in [2.05, 4.69) is 0 Å². The Morgan fingerprint density at radius 1 is 1.11 bits per heavy atom. The van der Waals surface area contributed by atoms with Crippen molar-refractivity contribution in [3.8, 4) is 11.8 Å². The van der Waals surface area contributed by atoms with E-state index >= 15 is 0 Å². The van der Waals surface area contributed by atoms with Gasteiger partial charge in [-0.25, -0.2) is 12.8 Å². The minimum atomic E-state index is -4.30. The minimum absolute atomic E-state index is 0.00718. The topological polar surface area (TPSA) is 106 Å². The van der Waals surface area contributed by atoms with E-state index in [0.717, 1.165) is 0 Å². The van der Waals surface area contributed by atoms with E-state index in [1.165, 1.54) is 29.6 Å². The third-order valence-electron chi connectivity index (χ3n) is 6.03. The van der Waals surface area contributed by atoms with Gasteiger partial charge in [0.25, 0.3) is 10.0 Å². The van der Waals surface area contributed by atoms with Gasteiger partial charge in [0.05, 0.1) is 25.3 Å². The molecular weight excluding hydrogens is 469 g/mol. The molecule has 1 atom stereocenters. The summed E-state index contributed by atoms with van der Waals surface area (Å²) >= 11 is 0. The van der Waals surface area contributed by atoms with E-state index in [1.54, 1.807) is 54.6 Å². The number of rotatable bonds is 4. The summed E-state index contributed by atoms with van der Waals surface area (Å²) in [5, 5.41) is 9.86. The summed E-state index contributed by atoms with van der Waals surface area (Å²) in [6.45, 7) is -0.0155. The Morgan fingerprint density at radius 3 is 2.60 bits per heavy atom. The van der Waals surface area contributed by atoms with Crippen LogP contribution < -0.4 is 14.8 Å². The largest absolute Gasteiger partial charge is 0.497 e. The van der Waals surface area contributed by atoms with E-state index < -0.39 is 21.8 Å². The van der Waals surface area contributed by atoms with Crippen molar-refractivity contribution in [3.05, 3.63) is 112 Å². The molecule has 2 aliphatic heterocycles. The predicted molar refractivity (Wildman–Crippen MR) is 129 cm³/mol. The van der Waals surface area contributed by atoms with Crippen molar-refractivity contribution in [2.75, 3.05) is 11.4 Å². The van der Waals surface area contributed by atoms with Crippen molar-refractivity contribution in [1.29, 1.82) is 5.26 Å². The van der Waals surface area contributed by atoms with Crippen LogP contribution in [0.25, 0.3) is 5.76 Å². The summed E-state index contributed by atoms with van der Waals surface area (Å²) in [6, 6.07) is 21.6. The molecule has 35 heavy (non-hydrogen) atoms. The second kappa shape index (κ2) is 8.49. The number of nitrogens with zero attached hydrogens (tertiary/aromatic N) is 2. The third-order valence-corrected chi connectivity index (χ3v) is 7.92. The highest BCUT2D eigenvalue weighted by Crippen LogP contribution is 2.51. The van der Waals surface area contributed by atoms with Crippen LogP contribution in [-0.4, -0.2) is 15.5 Å². The Balaban J connectivity index is 1.76. The third kappa shape index (κ3) is 3.59. The lowest BCUT2D eigenvalue weighted by Crippen LogP contribution is -2.39. The van der Waals surface area contributed by atoms with Gasteiger partial charge in [0.1, 0.15) is 28.1 Å². The SMILES string of the molecule is COc1cccc(CN2c3ccccc3C3=C(C(c4ccccc4F)C(C#N)=C(N)O3)S2(=O)=O)c1. The predicted octanol–water partition coefficient (Wildman–Crippen LogP) is 4.36. The van der Waals surface area contributed by atoms with Gasteiger partial charge in [0.2, 0.25) is 5.88 Å². The average molecular weight is 490 g/mol. The minimum Gasteiger partial charge on any atom is -0.497 e. The normalized spacial score (nSPS) is 18.3. The Labute approximate surface area is 202 Å². The molecule has 0 saturated heterocycles. The van der Waals surface area contributed by atoms with Crippen molar-refractivity contribution < 1.29 is 22.3 Å². The molecule has 2 N–H and O–H groups in total. The zero-order valence-electron chi connectivity index (χ0n) is 18.6. The monoisotopic (exact) mass is 489 g/mol. The number of benzene rings is 3. The molecule has 3 aromatic carbocycles. The quantitative estimate of drug-likeness (QED) is 0.584. The molecule has 176 valence electrons. The van der Waals surface area contributed by atoms with Gasteiger partial charge in [-0.1, -0.05) is 42.5 Å². The zero-order valence-corrected chi connectivity index (χ0v) is 19.4. The highest BCUT2D eigenvalue weighted by molar-refractivity contribution is 7.96. The number of anilines is 1. The Kier molecular flexibility index (Phi) is 5.46. The molecule has 9 heteroatoms. The second-order valence-corrected chi connectivity index (χ2v) is 9.85. The Hall–Kier alpha value is -4.29. The van der Waals surface area contributed by atoms with Crippen LogP contribution in [0.15, 0.2) is 89.2 Å². The van der Waals surface area contributed by atoms with Gasteiger partial charge in [-0.15, -0.1) is 0 Å². The smallest absolute Gasteiger partial charge is 0.265 e. The van der Waals surface area contributed by atoms with Crippen molar-refractivity contribution >= 4 is 21.5 Å². The van der Waals surface area contributed by atoms with Gasteiger partial charge in [0.15, 0.2) is 5.76 Å². The summed E-state index contributed by atoms with van der Waals surface area (Å²) in [5.41, 5.74) is 7.46. The number of fused-ring (bicyclic) bond motifs is 2. The zero-order chi connectivity index (χ0) is 24.7. The molecule has 2 aliphatic rings. The van der Waals surface area contributed by atoms with Gasteiger partial charge >= 0.3 is 0 Å². The standard InChI is InChI=1S/C26H20FN3O4S/c1-33-17-8-6-7-16(13-17)15-30-22-12-5-3-10-19(22)24-25(35(30,31)32)23(20(14-28)26(29)34-24)18-9-2-4-11-21(18)27/h2-13,23H,15,29H2,1H3. The molecule has 5 rings (SSSR count). The van der Waals surface area contributed by atoms with E-state index in [4.69, 9.17) is 15.2 Å². The molecule has 0 amide bonds. The molecule has 0 spiro atoms. The summed E-state index contributed by atoms with van der Waals surface area (Å²) < 4.78 is 55.6. The van der Waals surface area contributed by atoms with Crippen LogP contribution >= 0.6 is 0 Å². The van der Waals surface area contributed by atoms with Crippen LogP contribution in [0.1, 0.15) is 22.6 Å². The molecule has 0 saturated carbocycles. The fourth-order valence-corrected chi connectivity index (χ4v) is 6.34. The number of hydrogen-bond acceptors (Lipinski definition) is 6. The first-order chi connectivity index (χ1) is 16.9. The van der Waals surface area contributed by atoms with Crippen molar-refractivity contribution in [3.63, 3.8) is 0 Å². The fourth-order valence-electron chi connectivity index (χ4n) is 4.44. The average Bonchev–Trinajstić information content (AvgIpc) is 2.86. The highest BCUT2D eigenvalue weighted by atomic mass is 32.2. The summed E-state index contributed by atoms with van der Waals surface area (Å²) in [5.74, 6) is -1.60. The lowest BCUT2D eigenvalue weighted by molar-refractivity contribution is 0.357. The molecular formula is C26H20FN3O4S. The lowest BCUT2D eigenvalue weighted by Gasteiger charge is -2.38. The van der Waals surface area contributed by atoms with Crippen molar-refractivity contribution in [2.24, 2.45) is 5.73 Å². The number of allylic oxidation sites excluding steroid dienone is 2. The van der Waals surface area contributed by atoms with Gasteiger partial charge in [0, 0.05) is 11.1 Å². The highest BCUT2D eigenvalue weighted by Gasteiger charge is 2.47. The number of nitrogens with two attached hydrogens (primary N) is 1. The van der Waals surface area contributed by atoms with Crippen LogP contribution in [0.2, 0.25) is 0 Å². The summed E-state index contributed by atoms with van der Waals surface area (Å²) in [6.07, 6.45) is 0. The number of sulfonamides is 1. The van der Waals surface area contributed by atoms with Crippen LogP contribution in [0.3, 0.4) is 0 Å². The van der Waals surface area contributed by atoms with Crippen LogP contribution in [0, 0.1) is 17.1 Å². The molecule has 2 heterocycles. The van der Waals surface area contributed by atoms with Crippen molar-refractivity contribution in [1.82, 2.24) is 0 Å². The first-order valence-corrected chi connectivity index (χ1v) is 12.1. The van der Waals surface area contributed by atoms with E-state index in [-0.39, 0.29) is 34.2 Å². The number of halogens is 1. The Bertz CT molecular complexity index is 1560. The van der Waals surface area contributed by atoms with Gasteiger partial charge in [-0.2, -0.15) is 5.26 Å². The van der Waals surface area contributed by atoms with E-state index in [0.29, 0.717) is 22.6 Å². The number of hydrogen-bond donors (Lipinski definition) is 1. The number of ether oxygens (including phenoxy) is 2. The molecule has 0 aliphatic carbocycles. The molecule has 3 aromatic rings. The summed E-state index contributed by atoms with van der Waals surface area (Å²) in [7, 11) is -2.77. The molecule has 0 radical (unpaired) electrons. The molecule has 7 nitrogen and oxygen atoms in total. The summed E-state index contributed by atoms with van der Waals surface area (Å²) in [4.78, 5) is -0.227. The first kappa shape index (κ1) is 22.5. The number of para-hydroxylation sites is 1.